The van der Waals surface area contributed by atoms with Crippen molar-refractivity contribution in [2.24, 2.45) is 11.1 Å². The molecule has 0 radical (unpaired) electrons. The van der Waals surface area contributed by atoms with E-state index in [2.05, 4.69) is 4.72 Å². The van der Waals surface area contributed by atoms with Crippen LogP contribution in [0, 0.1) is 11.2 Å². The number of hydrogen-bond acceptors (Lipinski definition) is 3. The van der Waals surface area contributed by atoms with Crippen molar-refractivity contribution >= 4 is 15.9 Å². The Balaban J connectivity index is 3.13. The molecule has 1 aromatic carbocycles. The molecule has 1 rings (SSSR count). The largest absolute Gasteiger partial charge is 0.369 e. The maximum Gasteiger partial charge on any atom is 0.243 e. The van der Waals surface area contributed by atoms with E-state index in [1.807, 2.05) is 0 Å². The van der Waals surface area contributed by atoms with Crippen LogP contribution in [0.1, 0.15) is 40.2 Å². The van der Waals surface area contributed by atoms with Gasteiger partial charge in [-0.05, 0) is 44.9 Å². The van der Waals surface area contributed by atoms with Gasteiger partial charge in [0.2, 0.25) is 15.9 Å². The Bertz CT molecular complexity index is 677. The summed E-state index contributed by atoms with van der Waals surface area (Å²) in [4.78, 5) is 10.9. The molecule has 0 spiro atoms. The Labute approximate surface area is 131 Å². The van der Waals surface area contributed by atoms with Crippen molar-refractivity contribution in [2.45, 2.75) is 51.5 Å². The van der Waals surface area contributed by atoms with Gasteiger partial charge >= 0.3 is 0 Å². The van der Waals surface area contributed by atoms with Crippen molar-refractivity contribution < 1.29 is 17.6 Å². The molecule has 0 heterocycles. The summed E-state index contributed by atoms with van der Waals surface area (Å²) in [6.45, 7) is 8.32. The zero-order valence-electron chi connectivity index (χ0n) is 13.5. The minimum absolute atomic E-state index is 0.228. The van der Waals surface area contributed by atoms with Crippen molar-refractivity contribution in [2.75, 3.05) is 0 Å². The molecule has 7 heteroatoms. The summed E-state index contributed by atoms with van der Waals surface area (Å²) < 4.78 is 40.9. The number of halogens is 1. The Hall–Kier alpha value is -1.47. The standard InChI is InChI=1S/C15H23FN2O3S/c1-14(2,3)18-22(20,21)12-7-6-10(8-11(12)16)9-15(4,5)13(17)19/h6-8,18H,9H2,1-5H3,(H2,17,19). The molecule has 1 aromatic rings. The second kappa shape index (κ2) is 5.96. The first-order valence-corrected chi connectivity index (χ1v) is 8.35. The lowest BCUT2D eigenvalue weighted by atomic mass is 9.85. The van der Waals surface area contributed by atoms with Gasteiger partial charge in [-0.3, -0.25) is 4.79 Å². The van der Waals surface area contributed by atoms with Crippen molar-refractivity contribution in [3.63, 3.8) is 0 Å². The molecule has 0 unspecified atom stereocenters. The first kappa shape index (κ1) is 18.6. The Morgan fingerprint density at radius 2 is 1.77 bits per heavy atom. The number of carbonyl (C=O) groups is 1. The van der Waals surface area contributed by atoms with E-state index in [9.17, 15) is 17.6 Å². The molecular weight excluding hydrogens is 307 g/mol. The molecule has 124 valence electrons. The fraction of sp³-hybridized carbons (Fsp3) is 0.533. The SMILES string of the molecule is CC(C)(C)NS(=O)(=O)c1ccc(CC(C)(C)C(N)=O)cc1F. The predicted octanol–water partition coefficient (Wildman–Crippen LogP) is 1.96. The van der Waals surface area contributed by atoms with Crippen LogP contribution >= 0.6 is 0 Å². The fourth-order valence-electron chi connectivity index (χ4n) is 1.93. The van der Waals surface area contributed by atoms with Gasteiger partial charge in [0, 0.05) is 11.0 Å². The molecule has 0 atom stereocenters. The Kier molecular flexibility index (Phi) is 5.04. The molecule has 0 fully saturated rings. The van der Waals surface area contributed by atoms with Crippen molar-refractivity contribution in [1.82, 2.24) is 4.72 Å². The molecule has 0 aliphatic heterocycles. The molecule has 0 bridgehead atoms. The minimum Gasteiger partial charge on any atom is -0.369 e. The summed E-state index contributed by atoms with van der Waals surface area (Å²) in [6.07, 6.45) is 0.228. The number of nitrogens with two attached hydrogens (primary N) is 1. The van der Waals surface area contributed by atoms with Gasteiger partial charge in [-0.1, -0.05) is 19.9 Å². The molecule has 0 aliphatic carbocycles. The summed E-state index contributed by atoms with van der Waals surface area (Å²) in [5.74, 6) is -1.35. The normalized spacial score (nSPS) is 13.2. The van der Waals surface area contributed by atoms with E-state index in [-0.39, 0.29) is 6.42 Å². The van der Waals surface area contributed by atoms with Crippen molar-refractivity contribution in [1.29, 1.82) is 0 Å². The second-order valence-corrected chi connectivity index (χ2v) is 8.70. The van der Waals surface area contributed by atoms with Crippen molar-refractivity contribution in [3.8, 4) is 0 Å². The first-order chi connectivity index (χ1) is 9.74. The third-order valence-electron chi connectivity index (χ3n) is 3.04. The van der Waals surface area contributed by atoms with Crippen LogP contribution in [0.15, 0.2) is 23.1 Å². The Morgan fingerprint density at radius 3 is 2.18 bits per heavy atom. The lowest BCUT2D eigenvalue weighted by Gasteiger charge is -2.22. The Morgan fingerprint density at radius 1 is 1.23 bits per heavy atom. The average Bonchev–Trinajstić information content (AvgIpc) is 2.23. The zero-order chi connectivity index (χ0) is 17.3. The summed E-state index contributed by atoms with van der Waals surface area (Å²) in [5, 5.41) is 0. The average molecular weight is 330 g/mol. The van der Waals surface area contributed by atoms with Gasteiger partial charge in [-0.25, -0.2) is 17.5 Å². The molecule has 3 N–H and O–H groups in total. The van der Waals surface area contributed by atoms with Crippen LogP contribution in [0.2, 0.25) is 0 Å². The van der Waals surface area contributed by atoms with Crippen LogP contribution in [0.5, 0.6) is 0 Å². The molecule has 1 amide bonds. The van der Waals surface area contributed by atoms with Gasteiger partial charge in [0.25, 0.3) is 0 Å². The third kappa shape index (κ3) is 4.78. The minimum atomic E-state index is -3.94. The number of nitrogens with one attached hydrogen (secondary N) is 1. The number of primary amides is 1. The molecule has 0 saturated carbocycles. The quantitative estimate of drug-likeness (QED) is 0.865. The molecule has 0 aliphatic rings. The lowest BCUT2D eigenvalue weighted by Crippen LogP contribution is -2.40. The number of rotatable bonds is 5. The van der Waals surface area contributed by atoms with Gasteiger partial charge < -0.3 is 5.73 Å². The first-order valence-electron chi connectivity index (χ1n) is 6.87. The summed E-state index contributed by atoms with van der Waals surface area (Å²) in [5.41, 5.74) is 4.25. The molecular formula is C15H23FN2O3S. The smallest absolute Gasteiger partial charge is 0.243 e. The summed E-state index contributed by atoms with van der Waals surface area (Å²) >= 11 is 0. The highest BCUT2D eigenvalue weighted by Gasteiger charge is 2.28. The maximum atomic E-state index is 14.2. The van der Waals surface area contributed by atoms with E-state index in [4.69, 9.17) is 5.73 Å². The summed E-state index contributed by atoms with van der Waals surface area (Å²) in [6, 6.07) is 3.82. The van der Waals surface area contributed by atoms with E-state index < -0.39 is 37.6 Å². The molecule has 0 saturated heterocycles. The van der Waals surface area contributed by atoms with Crippen LogP contribution < -0.4 is 10.5 Å². The van der Waals surface area contributed by atoms with Crippen LogP contribution in [-0.2, 0) is 21.2 Å². The van der Waals surface area contributed by atoms with Crippen LogP contribution in [0.25, 0.3) is 0 Å². The van der Waals surface area contributed by atoms with Crippen LogP contribution in [-0.4, -0.2) is 19.9 Å². The molecule has 22 heavy (non-hydrogen) atoms. The third-order valence-corrected chi connectivity index (χ3v) is 4.83. The highest BCUT2D eigenvalue weighted by molar-refractivity contribution is 7.89. The van der Waals surface area contributed by atoms with Gasteiger partial charge in [0.15, 0.2) is 0 Å². The van der Waals surface area contributed by atoms with E-state index >= 15 is 0 Å². The van der Waals surface area contributed by atoms with Crippen LogP contribution in [0.4, 0.5) is 4.39 Å². The number of hydrogen-bond donors (Lipinski definition) is 2. The lowest BCUT2D eigenvalue weighted by molar-refractivity contribution is -0.125. The van der Waals surface area contributed by atoms with E-state index in [1.165, 1.54) is 12.1 Å². The van der Waals surface area contributed by atoms with E-state index in [0.29, 0.717) is 5.56 Å². The maximum absolute atomic E-state index is 14.2. The van der Waals surface area contributed by atoms with Gasteiger partial charge in [0.05, 0.1) is 0 Å². The van der Waals surface area contributed by atoms with Gasteiger partial charge in [0.1, 0.15) is 10.7 Å². The number of sulfonamides is 1. The van der Waals surface area contributed by atoms with Gasteiger partial charge in [-0.2, -0.15) is 0 Å². The number of benzene rings is 1. The van der Waals surface area contributed by atoms with Crippen LogP contribution in [0.3, 0.4) is 0 Å². The number of carbonyl (C=O) groups excluding carboxylic acids is 1. The predicted molar refractivity (Wildman–Crippen MR) is 83.2 cm³/mol. The zero-order valence-corrected chi connectivity index (χ0v) is 14.3. The highest BCUT2D eigenvalue weighted by atomic mass is 32.2. The van der Waals surface area contributed by atoms with E-state index in [1.54, 1.807) is 34.6 Å². The molecule has 0 aromatic heterocycles. The number of amides is 1. The molecule has 5 nitrogen and oxygen atoms in total. The second-order valence-electron chi connectivity index (χ2n) is 7.05. The van der Waals surface area contributed by atoms with E-state index in [0.717, 1.165) is 6.07 Å². The fourth-order valence-corrected chi connectivity index (χ4v) is 3.41. The highest BCUT2D eigenvalue weighted by Crippen LogP contribution is 2.24. The summed E-state index contributed by atoms with van der Waals surface area (Å²) in [7, 11) is -3.94. The topological polar surface area (TPSA) is 89.3 Å². The van der Waals surface area contributed by atoms with Crippen molar-refractivity contribution in [3.05, 3.63) is 29.6 Å². The monoisotopic (exact) mass is 330 g/mol. The van der Waals surface area contributed by atoms with Gasteiger partial charge in [-0.15, -0.1) is 0 Å².